The van der Waals surface area contributed by atoms with Gasteiger partial charge >= 0.3 is 0 Å². The highest BCUT2D eigenvalue weighted by atomic mass is 19.1. The molecular formula is C18H17F3N2O3. The second-order valence-electron chi connectivity index (χ2n) is 5.42. The third-order valence-corrected chi connectivity index (χ3v) is 3.51. The van der Waals surface area contributed by atoms with Crippen molar-refractivity contribution < 1.29 is 27.5 Å². The zero-order chi connectivity index (χ0) is 19.1. The Bertz CT molecular complexity index is 782. The number of halogens is 3. The Hall–Kier alpha value is -3.03. The molecule has 1 N–H and O–H groups in total. The van der Waals surface area contributed by atoms with Crippen molar-refractivity contribution in [2.75, 3.05) is 26.7 Å². The maximum atomic E-state index is 13.5. The normalized spacial score (nSPS) is 10.3. The van der Waals surface area contributed by atoms with Gasteiger partial charge in [0, 0.05) is 13.1 Å². The molecular weight excluding hydrogens is 349 g/mol. The molecule has 0 radical (unpaired) electrons. The van der Waals surface area contributed by atoms with Gasteiger partial charge in [-0.15, -0.1) is 0 Å². The molecule has 26 heavy (non-hydrogen) atoms. The Morgan fingerprint density at radius 2 is 1.69 bits per heavy atom. The molecule has 2 rings (SSSR count). The van der Waals surface area contributed by atoms with Crippen LogP contribution in [0.4, 0.5) is 13.2 Å². The molecule has 0 saturated carbocycles. The van der Waals surface area contributed by atoms with E-state index in [-0.39, 0.29) is 31.1 Å². The number of benzene rings is 2. The Morgan fingerprint density at radius 3 is 2.35 bits per heavy atom. The highest BCUT2D eigenvalue weighted by Gasteiger charge is 2.15. The van der Waals surface area contributed by atoms with Crippen LogP contribution >= 0.6 is 0 Å². The van der Waals surface area contributed by atoms with E-state index in [0.29, 0.717) is 11.8 Å². The summed E-state index contributed by atoms with van der Waals surface area (Å²) in [6.07, 6.45) is 0. The number of hydrogen-bond acceptors (Lipinski definition) is 3. The van der Waals surface area contributed by atoms with Gasteiger partial charge in [0.15, 0.2) is 0 Å². The van der Waals surface area contributed by atoms with E-state index in [1.807, 2.05) is 0 Å². The molecule has 0 saturated heterocycles. The van der Waals surface area contributed by atoms with Crippen LogP contribution < -0.4 is 10.1 Å². The van der Waals surface area contributed by atoms with E-state index in [4.69, 9.17) is 4.74 Å². The average molecular weight is 366 g/mol. The molecule has 5 nitrogen and oxygen atoms in total. The molecule has 0 aromatic heterocycles. The zero-order valence-electron chi connectivity index (χ0n) is 14.0. The van der Waals surface area contributed by atoms with Crippen molar-refractivity contribution in [3.63, 3.8) is 0 Å². The van der Waals surface area contributed by atoms with Crippen molar-refractivity contribution in [3.05, 3.63) is 65.5 Å². The van der Waals surface area contributed by atoms with Crippen LogP contribution in [0, 0.1) is 17.5 Å². The van der Waals surface area contributed by atoms with E-state index in [1.54, 1.807) is 0 Å². The van der Waals surface area contributed by atoms with Crippen molar-refractivity contribution in [2.45, 2.75) is 0 Å². The van der Waals surface area contributed by atoms with Crippen molar-refractivity contribution in [1.29, 1.82) is 0 Å². The molecule has 8 heteroatoms. The molecule has 0 aliphatic rings. The van der Waals surface area contributed by atoms with Crippen LogP contribution in [0.2, 0.25) is 0 Å². The van der Waals surface area contributed by atoms with Gasteiger partial charge in [0.05, 0.1) is 18.7 Å². The quantitative estimate of drug-likeness (QED) is 0.819. The first kappa shape index (κ1) is 19.3. The van der Waals surface area contributed by atoms with Crippen LogP contribution in [0.3, 0.4) is 0 Å². The summed E-state index contributed by atoms with van der Waals surface area (Å²) in [5.74, 6) is -2.94. The summed E-state index contributed by atoms with van der Waals surface area (Å²) >= 11 is 0. The lowest BCUT2D eigenvalue weighted by Gasteiger charge is -2.18. The zero-order valence-corrected chi connectivity index (χ0v) is 14.0. The summed E-state index contributed by atoms with van der Waals surface area (Å²) in [6, 6.07) is 8.00. The van der Waals surface area contributed by atoms with Crippen LogP contribution in [0.5, 0.6) is 5.75 Å². The largest absolute Gasteiger partial charge is 0.492 e. The van der Waals surface area contributed by atoms with Gasteiger partial charge in [0.1, 0.15) is 29.8 Å². The molecule has 2 amide bonds. The highest BCUT2D eigenvalue weighted by molar-refractivity contribution is 5.96. The number of rotatable bonds is 7. The van der Waals surface area contributed by atoms with Crippen molar-refractivity contribution >= 4 is 11.8 Å². The van der Waals surface area contributed by atoms with Crippen LogP contribution in [0.1, 0.15) is 10.4 Å². The summed E-state index contributed by atoms with van der Waals surface area (Å²) in [5.41, 5.74) is -0.346. The van der Waals surface area contributed by atoms with Crippen molar-refractivity contribution in [3.8, 4) is 5.75 Å². The fraction of sp³-hybridized carbons (Fsp3) is 0.222. The lowest BCUT2D eigenvalue weighted by atomic mass is 10.2. The molecule has 0 atom stereocenters. The van der Waals surface area contributed by atoms with Gasteiger partial charge < -0.3 is 15.0 Å². The number of nitrogens with one attached hydrogen (secondary N) is 1. The summed E-state index contributed by atoms with van der Waals surface area (Å²) < 4.78 is 44.5. The van der Waals surface area contributed by atoms with Crippen molar-refractivity contribution in [1.82, 2.24) is 10.2 Å². The van der Waals surface area contributed by atoms with Gasteiger partial charge in [0.25, 0.3) is 5.91 Å². The molecule has 138 valence electrons. The summed E-state index contributed by atoms with van der Waals surface area (Å²) in [7, 11) is 1.51. The van der Waals surface area contributed by atoms with Gasteiger partial charge in [-0.25, -0.2) is 13.2 Å². The predicted octanol–water partition coefficient (Wildman–Crippen LogP) is 2.37. The number of nitrogens with zero attached hydrogens (tertiary/aromatic N) is 1. The Morgan fingerprint density at radius 1 is 1.04 bits per heavy atom. The molecule has 0 aliphatic heterocycles. The number of amides is 2. The van der Waals surface area contributed by atoms with Gasteiger partial charge in [-0.05, 0) is 36.4 Å². The Kier molecular flexibility index (Phi) is 6.60. The van der Waals surface area contributed by atoms with Crippen LogP contribution in [-0.2, 0) is 4.79 Å². The van der Waals surface area contributed by atoms with Crippen LogP contribution in [-0.4, -0.2) is 43.5 Å². The number of carbonyl (C=O) groups is 2. The van der Waals surface area contributed by atoms with Crippen LogP contribution in [0.15, 0.2) is 42.5 Å². The third kappa shape index (κ3) is 5.51. The first-order chi connectivity index (χ1) is 12.4. The van der Waals surface area contributed by atoms with E-state index in [1.165, 1.54) is 36.2 Å². The first-order valence-corrected chi connectivity index (χ1v) is 7.72. The monoisotopic (exact) mass is 366 g/mol. The minimum absolute atomic E-state index is 0.175. The van der Waals surface area contributed by atoms with E-state index in [2.05, 4.69) is 5.32 Å². The third-order valence-electron chi connectivity index (χ3n) is 3.51. The summed E-state index contributed by atoms with van der Waals surface area (Å²) in [4.78, 5) is 25.1. The topological polar surface area (TPSA) is 58.6 Å². The minimum atomic E-state index is -1.00. The Balaban J connectivity index is 1.76. The molecule has 0 fully saturated rings. The maximum absolute atomic E-state index is 13.5. The predicted molar refractivity (Wildman–Crippen MR) is 88.2 cm³/mol. The molecule has 0 heterocycles. The smallest absolute Gasteiger partial charge is 0.254 e. The standard InChI is InChI=1S/C18H17F3N2O3/c1-23(8-9-26-14-5-2-12(19)3-6-14)17(24)11-22-18(25)15-7-4-13(20)10-16(15)21/h2-7,10H,8-9,11H2,1H3,(H,22,25). The second-order valence-corrected chi connectivity index (χ2v) is 5.42. The Labute approximate surface area is 148 Å². The molecule has 2 aromatic carbocycles. The maximum Gasteiger partial charge on any atom is 0.254 e. The first-order valence-electron chi connectivity index (χ1n) is 7.72. The van der Waals surface area contributed by atoms with Crippen molar-refractivity contribution in [2.24, 2.45) is 0 Å². The number of hydrogen-bond donors (Lipinski definition) is 1. The summed E-state index contributed by atoms with van der Waals surface area (Å²) in [6.45, 7) is 0.0636. The molecule has 0 bridgehead atoms. The van der Waals surface area contributed by atoms with Gasteiger partial charge in [-0.1, -0.05) is 0 Å². The number of likely N-dealkylation sites (N-methyl/N-ethyl adjacent to an activating group) is 1. The fourth-order valence-corrected chi connectivity index (χ4v) is 2.02. The molecule has 0 spiro atoms. The fourth-order valence-electron chi connectivity index (χ4n) is 2.02. The van der Waals surface area contributed by atoms with E-state index < -0.39 is 23.4 Å². The molecule has 2 aromatic rings. The minimum Gasteiger partial charge on any atom is -0.492 e. The second kappa shape index (κ2) is 8.89. The molecule has 0 aliphatic carbocycles. The van der Waals surface area contributed by atoms with Crippen LogP contribution in [0.25, 0.3) is 0 Å². The van der Waals surface area contributed by atoms with Gasteiger partial charge in [-0.2, -0.15) is 0 Å². The number of carbonyl (C=O) groups excluding carboxylic acids is 2. The SMILES string of the molecule is CN(CCOc1ccc(F)cc1)C(=O)CNC(=O)c1ccc(F)cc1F. The summed E-state index contributed by atoms with van der Waals surface area (Å²) in [5, 5.41) is 2.28. The number of ether oxygens (including phenoxy) is 1. The van der Waals surface area contributed by atoms with E-state index in [9.17, 15) is 22.8 Å². The lowest BCUT2D eigenvalue weighted by molar-refractivity contribution is -0.129. The van der Waals surface area contributed by atoms with Gasteiger partial charge in [-0.3, -0.25) is 9.59 Å². The average Bonchev–Trinajstić information content (AvgIpc) is 2.61. The lowest BCUT2D eigenvalue weighted by Crippen LogP contribution is -2.40. The van der Waals surface area contributed by atoms with Gasteiger partial charge in [0.2, 0.25) is 5.91 Å². The highest BCUT2D eigenvalue weighted by Crippen LogP contribution is 2.11. The van der Waals surface area contributed by atoms with E-state index >= 15 is 0 Å². The molecule has 0 unspecified atom stereocenters. The van der Waals surface area contributed by atoms with E-state index in [0.717, 1.165) is 12.1 Å².